The lowest BCUT2D eigenvalue weighted by molar-refractivity contribution is -0.384. The molecule has 0 bridgehead atoms. The van der Waals surface area contributed by atoms with Crippen LogP contribution in [0.5, 0.6) is 0 Å². The summed E-state index contributed by atoms with van der Waals surface area (Å²) in [6.07, 6.45) is 0. The molecule has 1 aromatic heterocycles. The fourth-order valence-electron chi connectivity index (χ4n) is 3.28. The number of carboxylic acid groups (broad SMARTS) is 1. The van der Waals surface area contributed by atoms with E-state index in [0.29, 0.717) is 22.3 Å². The maximum atomic E-state index is 12.3. The summed E-state index contributed by atoms with van der Waals surface area (Å²) in [5.41, 5.74) is 2.62. The fourth-order valence-corrected chi connectivity index (χ4v) is 3.28. The summed E-state index contributed by atoms with van der Waals surface area (Å²) in [4.78, 5) is 27.6. The Morgan fingerprint density at radius 3 is 2.07 bits per heavy atom. The van der Waals surface area contributed by atoms with E-state index >= 15 is 0 Å². The Hall–Kier alpha value is -4.06. The van der Waals surface area contributed by atoms with Crippen LogP contribution in [0.1, 0.15) is 10.4 Å². The zero-order valence-electron chi connectivity index (χ0n) is 14.6. The highest BCUT2D eigenvalue weighted by molar-refractivity contribution is 6.12. The number of nitro groups is 1. The van der Waals surface area contributed by atoms with Crippen LogP contribution in [0, 0.1) is 10.1 Å². The molecule has 1 N–H and O–H groups in total. The lowest BCUT2D eigenvalue weighted by Crippen LogP contribution is -2.05. The molecule has 0 spiro atoms. The van der Waals surface area contributed by atoms with Gasteiger partial charge in [0.1, 0.15) is 0 Å². The van der Waals surface area contributed by atoms with E-state index in [0.717, 1.165) is 5.56 Å². The second-order valence-corrected chi connectivity index (χ2v) is 6.21. The molecular formula is C22H14N2O4. The van der Waals surface area contributed by atoms with Gasteiger partial charge in [-0.3, -0.25) is 10.1 Å². The maximum absolute atomic E-state index is 12.3. The predicted octanol–water partition coefficient (Wildman–Crippen LogP) is 5.18. The zero-order chi connectivity index (χ0) is 19.7. The third-order valence-corrected chi connectivity index (χ3v) is 4.50. The SMILES string of the molecule is O=C(O)c1c(-c2ccccc2)c(-c2ccccc2)nc2ccc([N+](=O)[O-])cc12. The van der Waals surface area contributed by atoms with Crippen molar-refractivity contribution in [1.29, 1.82) is 0 Å². The molecule has 0 aliphatic carbocycles. The number of nitro benzene ring substituents is 1. The molecule has 0 saturated heterocycles. The quantitative estimate of drug-likeness (QED) is 0.395. The van der Waals surface area contributed by atoms with Crippen molar-refractivity contribution in [2.45, 2.75) is 0 Å². The molecule has 3 aromatic carbocycles. The van der Waals surface area contributed by atoms with Gasteiger partial charge < -0.3 is 5.11 Å². The van der Waals surface area contributed by atoms with Crippen LogP contribution in [-0.2, 0) is 0 Å². The topological polar surface area (TPSA) is 93.3 Å². The van der Waals surface area contributed by atoms with Gasteiger partial charge in [0, 0.05) is 28.6 Å². The van der Waals surface area contributed by atoms with E-state index in [-0.39, 0.29) is 16.6 Å². The van der Waals surface area contributed by atoms with Crippen LogP contribution in [0.25, 0.3) is 33.3 Å². The normalized spacial score (nSPS) is 10.7. The number of carboxylic acids is 1. The molecule has 0 radical (unpaired) electrons. The van der Waals surface area contributed by atoms with Gasteiger partial charge in [0.15, 0.2) is 0 Å². The minimum absolute atomic E-state index is 0.00115. The molecular weight excluding hydrogens is 356 g/mol. The minimum atomic E-state index is -1.16. The number of nitrogens with zero attached hydrogens (tertiary/aromatic N) is 2. The smallest absolute Gasteiger partial charge is 0.337 e. The van der Waals surface area contributed by atoms with Gasteiger partial charge in [-0.1, -0.05) is 60.7 Å². The zero-order valence-corrected chi connectivity index (χ0v) is 14.6. The van der Waals surface area contributed by atoms with Crippen molar-refractivity contribution >= 4 is 22.6 Å². The van der Waals surface area contributed by atoms with E-state index in [1.807, 2.05) is 48.5 Å². The Balaban J connectivity index is 2.18. The lowest BCUT2D eigenvalue weighted by Gasteiger charge is -2.15. The minimum Gasteiger partial charge on any atom is -0.478 e. The van der Waals surface area contributed by atoms with Crippen LogP contribution in [0.4, 0.5) is 5.69 Å². The number of non-ortho nitro benzene ring substituents is 1. The van der Waals surface area contributed by atoms with Gasteiger partial charge in [0.25, 0.3) is 5.69 Å². The first kappa shape index (κ1) is 17.4. The summed E-state index contributed by atoms with van der Waals surface area (Å²) in [6, 6.07) is 22.5. The summed E-state index contributed by atoms with van der Waals surface area (Å²) in [6.45, 7) is 0. The van der Waals surface area contributed by atoms with Crippen LogP contribution >= 0.6 is 0 Å². The van der Waals surface area contributed by atoms with Crippen molar-refractivity contribution < 1.29 is 14.8 Å². The van der Waals surface area contributed by atoms with Crippen LogP contribution < -0.4 is 0 Å². The van der Waals surface area contributed by atoms with Crippen molar-refractivity contribution in [2.75, 3.05) is 0 Å². The first-order valence-electron chi connectivity index (χ1n) is 8.52. The number of carbonyl (C=O) groups is 1. The monoisotopic (exact) mass is 370 g/mol. The van der Waals surface area contributed by atoms with Gasteiger partial charge in [0.05, 0.1) is 21.7 Å². The van der Waals surface area contributed by atoms with Crippen molar-refractivity contribution in [3.63, 3.8) is 0 Å². The number of fused-ring (bicyclic) bond motifs is 1. The van der Waals surface area contributed by atoms with Crippen LogP contribution in [0.3, 0.4) is 0 Å². The average Bonchev–Trinajstić information content (AvgIpc) is 2.73. The van der Waals surface area contributed by atoms with Crippen molar-refractivity contribution in [1.82, 2.24) is 4.98 Å². The van der Waals surface area contributed by atoms with Crippen molar-refractivity contribution in [3.05, 3.63) is 94.5 Å². The van der Waals surface area contributed by atoms with E-state index in [4.69, 9.17) is 0 Å². The molecule has 0 aliphatic rings. The molecule has 6 nitrogen and oxygen atoms in total. The Labute approximate surface area is 159 Å². The highest BCUT2D eigenvalue weighted by atomic mass is 16.6. The molecule has 0 atom stereocenters. The largest absolute Gasteiger partial charge is 0.478 e. The van der Waals surface area contributed by atoms with Crippen LogP contribution in [-0.4, -0.2) is 21.0 Å². The highest BCUT2D eigenvalue weighted by Crippen LogP contribution is 2.38. The molecule has 0 amide bonds. The van der Waals surface area contributed by atoms with Crippen LogP contribution in [0.15, 0.2) is 78.9 Å². The molecule has 0 fully saturated rings. The van der Waals surface area contributed by atoms with Crippen molar-refractivity contribution in [2.24, 2.45) is 0 Å². The van der Waals surface area contributed by atoms with Gasteiger partial charge in [0.2, 0.25) is 0 Å². The average molecular weight is 370 g/mol. The summed E-state index contributed by atoms with van der Waals surface area (Å²) < 4.78 is 0. The number of aromatic carboxylic acids is 1. The molecule has 4 aromatic rings. The van der Waals surface area contributed by atoms with E-state index in [1.54, 1.807) is 12.1 Å². The van der Waals surface area contributed by atoms with E-state index in [9.17, 15) is 20.0 Å². The summed E-state index contributed by atoms with van der Waals surface area (Å²) in [5.74, 6) is -1.16. The van der Waals surface area contributed by atoms with Crippen LogP contribution in [0.2, 0.25) is 0 Å². The number of benzene rings is 3. The number of rotatable bonds is 4. The second kappa shape index (κ2) is 6.92. The van der Waals surface area contributed by atoms with E-state index < -0.39 is 10.9 Å². The summed E-state index contributed by atoms with van der Waals surface area (Å²) in [5, 5.41) is 21.5. The highest BCUT2D eigenvalue weighted by Gasteiger charge is 2.23. The third-order valence-electron chi connectivity index (χ3n) is 4.50. The lowest BCUT2D eigenvalue weighted by atomic mass is 9.91. The first-order valence-corrected chi connectivity index (χ1v) is 8.52. The standard InChI is InChI=1S/C22H14N2O4/c25-22(26)20-17-13-16(24(27)28)11-12-18(17)23-21(15-9-5-2-6-10-15)19(20)14-7-3-1-4-8-14/h1-13H,(H,25,26). The number of pyridine rings is 1. The predicted molar refractivity (Wildman–Crippen MR) is 106 cm³/mol. The van der Waals surface area contributed by atoms with Gasteiger partial charge in [-0.15, -0.1) is 0 Å². The van der Waals surface area contributed by atoms with Gasteiger partial charge >= 0.3 is 5.97 Å². The van der Waals surface area contributed by atoms with Gasteiger partial charge in [-0.25, -0.2) is 9.78 Å². The van der Waals surface area contributed by atoms with E-state index in [1.165, 1.54) is 18.2 Å². The molecule has 6 heteroatoms. The maximum Gasteiger partial charge on any atom is 0.337 e. The number of hydrogen-bond donors (Lipinski definition) is 1. The fraction of sp³-hybridized carbons (Fsp3) is 0. The van der Waals surface area contributed by atoms with Gasteiger partial charge in [-0.2, -0.15) is 0 Å². The van der Waals surface area contributed by atoms with Gasteiger partial charge in [-0.05, 0) is 11.6 Å². The van der Waals surface area contributed by atoms with E-state index in [2.05, 4.69) is 4.98 Å². The summed E-state index contributed by atoms with van der Waals surface area (Å²) in [7, 11) is 0. The molecule has 28 heavy (non-hydrogen) atoms. The van der Waals surface area contributed by atoms with Crippen molar-refractivity contribution in [3.8, 4) is 22.4 Å². The number of aromatic nitrogens is 1. The Morgan fingerprint density at radius 1 is 0.893 bits per heavy atom. The second-order valence-electron chi connectivity index (χ2n) is 6.21. The molecule has 0 unspecified atom stereocenters. The Morgan fingerprint density at radius 2 is 1.50 bits per heavy atom. The Bertz CT molecular complexity index is 1210. The first-order chi connectivity index (χ1) is 13.6. The molecule has 1 heterocycles. The Kier molecular flexibility index (Phi) is 4.29. The summed E-state index contributed by atoms with van der Waals surface area (Å²) >= 11 is 0. The third kappa shape index (κ3) is 2.97. The molecule has 0 aliphatic heterocycles. The molecule has 136 valence electrons. The molecule has 0 saturated carbocycles. The molecule has 4 rings (SSSR count). The number of hydrogen-bond acceptors (Lipinski definition) is 4.